The number of thiocarbonyl (C=S) groups is 1. The van der Waals surface area contributed by atoms with Crippen molar-refractivity contribution in [3.05, 3.63) is 0 Å². The molecule has 5 heteroatoms. The first kappa shape index (κ1) is 14.0. The molecule has 0 unspecified atom stereocenters. The zero-order chi connectivity index (χ0) is 7.98. The number of halogens is 1. The van der Waals surface area contributed by atoms with Crippen LogP contribution in [-0.2, 0) is 0 Å². The third kappa shape index (κ3) is 10.5. The minimum Gasteiger partial charge on any atom is -0.374 e. The van der Waals surface area contributed by atoms with Gasteiger partial charge in [-0.2, -0.15) is 0 Å². The Morgan fingerprint density at radius 2 is 2.09 bits per heavy atom. The van der Waals surface area contributed by atoms with Crippen LogP contribution in [0, 0.1) is 0 Å². The second kappa shape index (κ2) is 8.59. The molecule has 11 heavy (non-hydrogen) atoms. The Hall–Kier alpha value is 0.490. The van der Waals surface area contributed by atoms with E-state index < -0.39 is 0 Å². The molecule has 0 spiro atoms. The van der Waals surface area contributed by atoms with E-state index >= 15 is 0 Å². The van der Waals surface area contributed by atoms with Crippen LogP contribution in [0.2, 0.25) is 0 Å². The predicted octanol–water partition coefficient (Wildman–Crippen LogP) is 1.21. The van der Waals surface area contributed by atoms with Gasteiger partial charge in [0.25, 0.3) is 0 Å². The van der Waals surface area contributed by atoms with Gasteiger partial charge in [0, 0.05) is 19.3 Å². The zero-order valence-corrected chi connectivity index (χ0v) is 9.54. The van der Waals surface area contributed by atoms with Crippen LogP contribution in [0.3, 0.4) is 0 Å². The molecule has 0 saturated carbocycles. The Kier molecular flexibility index (Phi) is 11.0. The van der Waals surface area contributed by atoms with Gasteiger partial charge in [0.1, 0.15) is 4.32 Å². The van der Waals surface area contributed by atoms with E-state index in [1.807, 2.05) is 7.05 Å². The van der Waals surface area contributed by atoms with Crippen molar-refractivity contribution in [3.63, 3.8) is 0 Å². The van der Waals surface area contributed by atoms with Crippen molar-refractivity contribution in [2.45, 2.75) is 0 Å². The monoisotopic (exact) mass is 214 g/mol. The van der Waals surface area contributed by atoms with Crippen LogP contribution in [0.4, 0.5) is 0 Å². The average molecular weight is 215 g/mol. The lowest BCUT2D eigenvalue weighted by Gasteiger charge is -2.08. The second-order valence-electron chi connectivity index (χ2n) is 2.19. The molecule has 68 valence electrons. The van der Waals surface area contributed by atoms with Gasteiger partial charge >= 0.3 is 0 Å². The van der Waals surface area contributed by atoms with E-state index in [2.05, 4.69) is 24.3 Å². The molecule has 0 aromatic heterocycles. The van der Waals surface area contributed by atoms with Crippen LogP contribution in [-0.4, -0.2) is 42.7 Å². The highest BCUT2D eigenvalue weighted by Crippen LogP contribution is 2.00. The molecule has 0 fully saturated rings. The van der Waals surface area contributed by atoms with Crippen LogP contribution in [0.15, 0.2) is 0 Å². The lowest BCUT2D eigenvalue weighted by molar-refractivity contribution is 0.437. The third-order valence-electron chi connectivity index (χ3n) is 0.976. The van der Waals surface area contributed by atoms with Gasteiger partial charge < -0.3 is 10.2 Å². The van der Waals surface area contributed by atoms with Gasteiger partial charge in [0.2, 0.25) is 0 Å². The minimum absolute atomic E-state index is 0. The lowest BCUT2D eigenvalue weighted by atomic mass is 10.7. The van der Waals surface area contributed by atoms with Crippen LogP contribution in [0.25, 0.3) is 0 Å². The summed E-state index contributed by atoms with van der Waals surface area (Å²) in [4.78, 5) is 2.14. The Labute approximate surface area is 84.5 Å². The fourth-order valence-electron chi connectivity index (χ4n) is 0.393. The summed E-state index contributed by atoms with van der Waals surface area (Å²) in [6.45, 7) is 1.08. The normalized spacial score (nSPS) is 9.09. The molecule has 0 saturated heterocycles. The summed E-state index contributed by atoms with van der Waals surface area (Å²) in [5.41, 5.74) is 0. The Morgan fingerprint density at radius 1 is 1.55 bits per heavy atom. The summed E-state index contributed by atoms with van der Waals surface area (Å²) >= 11 is 6.62. The molecule has 0 aliphatic heterocycles. The molecular weight excluding hydrogens is 200 g/mol. The summed E-state index contributed by atoms with van der Waals surface area (Å²) in [6.07, 6.45) is 0. The average Bonchev–Trinajstić information content (AvgIpc) is 1.87. The van der Waals surface area contributed by atoms with Crippen molar-refractivity contribution < 1.29 is 0 Å². The molecule has 0 aromatic rings. The minimum atomic E-state index is 0. The highest BCUT2D eigenvalue weighted by atomic mass is 35.5. The Bertz CT molecular complexity index is 109. The maximum Gasteiger partial charge on any atom is 0.133 e. The van der Waals surface area contributed by atoms with Crippen molar-refractivity contribution in [2.24, 2.45) is 0 Å². The van der Waals surface area contributed by atoms with E-state index in [0.717, 1.165) is 16.6 Å². The summed E-state index contributed by atoms with van der Waals surface area (Å²) < 4.78 is 0.877. The highest BCUT2D eigenvalue weighted by Gasteiger charge is 1.93. The van der Waals surface area contributed by atoms with Gasteiger partial charge in [-0.3, -0.25) is 0 Å². The van der Waals surface area contributed by atoms with Crippen LogP contribution >= 0.6 is 36.4 Å². The van der Waals surface area contributed by atoms with Crippen LogP contribution < -0.4 is 5.32 Å². The molecule has 0 rings (SSSR count). The van der Waals surface area contributed by atoms with Crippen LogP contribution in [0.5, 0.6) is 0 Å². The number of nitrogens with one attached hydrogen (secondary N) is 1. The molecule has 0 atom stereocenters. The summed E-state index contributed by atoms with van der Waals surface area (Å²) in [5.74, 6) is 1.06. The van der Waals surface area contributed by atoms with Gasteiger partial charge in [-0.1, -0.05) is 24.0 Å². The summed E-state index contributed by atoms with van der Waals surface area (Å²) in [6, 6.07) is 0. The summed E-state index contributed by atoms with van der Waals surface area (Å²) in [7, 11) is 5.97. The smallest absolute Gasteiger partial charge is 0.133 e. The summed E-state index contributed by atoms with van der Waals surface area (Å²) in [5, 5.41) is 2.91. The van der Waals surface area contributed by atoms with Crippen molar-refractivity contribution >= 4 is 40.7 Å². The van der Waals surface area contributed by atoms with E-state index in [1.165, 1.54) is 0 Å². The topological polar surface area (TPSA) is 15.3 Å². The number of nitrogens with zero attached hydrogens (tertiary/aromatic N) is 1. The molecule has 0 aliphatic rings. The maximum absolute atomic E-state index is 4.94. The Morgan fingerprint density at radius 3 is 2.45 bits per heavy atom. The first-order valence-electron chi connectivity index (χ1n) is 3.16. The fraction of sp³-hybridized carbons (Fsp3) is 0.833. The number of rotatable bonds is 3. The quantitative estimate of drug-likeness (QED) is 0.711. The molecule has 0 radical (unpaired) electrons. The van der Waals surface area contributed by atoms with Crippen LogP contribution in [0.1, 0.15) is 0 Å². The predicted molar refractivity (Wildman–Crippen MR) is 59.9 cm³/mol. The van der Waals surface area contributed by atoms with E-state index in [1.54, 1.807) is 11.8 Å². The molecular formula is C6H15ClN2S2. The molecule has 0 heterocycles. The van der Waals surface area contributed by atoms with Gasteiger partial charge in [-0.05, 0) is 14.1 Å². The van der Waals surface area contributed by atoms with Gasteiger partial charge in [0.15, 0.2) is 0 Å². The van der Waals surface area contributed by atoms with Gasteiger partial charge in [0.05, 0.1) is 0 Å². The maximum atomic E-state index is 4.94. The van der Waals surface area contributed by atoms with Gasteiger partial charge in [-0.25, -0.2) is 0 Å². The number of thioether (sulfide) groups is 1. The molecule has 2 nitrogen and oxygen atoms in total. The molecule has 1 N–H and O–H groups in total. The van der Waals surface area contributed by atoms with Crippen molar-refractivity contribution in [2.75, 3.05) is 33.4 Å². The van der Waals surface area contributed by atoms with Crippen molar-refractivity contribution in [3.8, 4) is 0 Å². The Balaban J connectivity index is 0. The highest BCUT2D eigenvalue weighted by molar-refractivity contribution is 8.22. The van der Waals surface area contributed by atoms with Crippen molar-refractivity contribution in [1.29, 1.82) is 0 Å². The van der Waals surface area contributed by atoms with E-state index in [0.29, 0.717) is 0 Å². The fourth-order valence-corrected chi connectivity index (χ4v) is 1.43. The SMILES string of the molecule is CNC(=S)SCCN(C)C.Cl. The van der Waals surface area contributed by atoms with Crippen molar-refractivity contribution in [1.82, 2.24) is 10.2 Å². The van der Waals surface area contributed by atoms with Gasteiger partial charge in [-0.15, -0.1) is 12.4 Å². The number of hydrogen-bond acceptors (Lipinski definition) is 3. The molecule has 0 amide bonds. The molecule has 0 aliphatic carbocycles. The first-order valence-corrected chi connectivity index (χ1v) is 4.55. The third-order valence-corrected chi connectivity index (χ3v) is 2.39. The van der Waals surface area contributed by atoms with E-state index in [-0.39, 0.29) is 12.4 Å². The molecule has 0 aromatic carbocycles. The van der Waals surface area contributed by atoms with E-state index in [4.69, 9.17) is 12.2 Å². The standard InChI is InChI=1S/C6H14N2S2.ClH/c1-7-6(9)10-5-4-8(2)3;/h4-5H2,1-3H3,(H,7,9);1H. The largest absolute Gasteiger partial charge is 0.374 e. The zero-order valence-electron chi connectivity index (χ0n) is 7.09. The lowest BCUT2D eigenvalue weighted by Crippen LogP contribution is -2.18. The van der Waals surface area contributed by atoms with E-state index in [9.17, 15) is 0 Å². The second-order valence-corrected chi connectivity index (χ2v) is 3.96. The first-order chi connectivity index (χ1) is 4.66. The molecule has 0 bridgehead atoms. The number of hydrogen-bond donors (Lipinski definition) is 1.